The van der Waals surface area contributed by atoms with Crippen LogP contribution in [0.5, 0.6) is 5.75 Å². The first-order valence-corrected chi connectivity index (χ1v) is 7.72. The van der Waals surface area contributed by atoms with E-state index in [4.69, 9.17) is 16.0 Å². The molecule has 0 fully saturated rings. The number of rotatable bonds is 2. The Hall–Kier alpha value is -3.19. The molecule has 0 unspecified atom stereocenters. The number of halogens is 1. The van der Waals surface area contributed by atoms with Crippen LogP contribution in [0.1, 0.15) is 5.56 Å². The smallest absolute Gasteiger partial charge is 0.235 e. The van der Waals surface area contributed by atoms with E-state index >= 15 is 0 Å². The summed E-state index contributed by atoms with van der Waals surface area (Å²) in [6, 6.07) is 10.1. The number of fused-ring (bicyclic) bond motifs is 1. The Kier molecular flexibility index (Phi) is 3.51. The average Bonchev–Trinajstić information content (AvgIpc) is 3.15. The molecule has 2 heterocycles. The summed E-state index contributed by atoms with van der Waals surface area (Å²) < 4.78 is 5.77. The maximum absolute atomic E-state index is 12.4. The van der Waals surface area contributed by atoms with E-state index in [2.05, 4.69) is 20.6 Å². The predicted molar refractivity (Wildman–Crippen MR) is 92.5 cm³/mol. The minimum atomic E-state index is -0.527. The second kappa shape index (κ2) is 5.71. The number of H-pyrrole nitrogens is 1. The first kappa shape index (κ1) is 15.3. The topological polar surface area (TPSA) is 105 Å². The molecule has 0 aliphatic rings. The monoisotopic (exact) mass is 354 g/mol. The van der Waals surface area contributed by atoms with Crippen molar-refractivity contribution in [3.8, 4) is 28.5 Å². The van der Waals surface area contributed by atoms with Gasteiger partial charge in [-0.1, -0.05) is 35.9 Å². The summed E-state index contributed by atoms with van der Waals surface area (Å²) in [4.78, 5) is 12.4. The molecule has 0 bridgehead atoms. The van der Waals surface area contributed by atoms with Crippen LogP contribution in [0.3, 0.4) is 0 Å². The fourth-order valence-electron chi connectivity index (χ4n) is 2.56. The summed E-state index contributed by atoms with van der Waals surface area (Å²) in [7, 11) is 0. The molecule has 4 aromatic rings. The molecule has 0 aliphatic heterocycles. The molecule has 0 aliphatic carbocycles. The molecule has 4 rings (SSSR count). The fourth-order valence-corrected chi connectivity index (χ4v) is 2.72. The molecule has 0 saturated carbocycles. The van der Waals surface area contributed by atoms with Crippen molar-refractivity contribution in [3.05, 3.63) is 57.2 Å². The van der Waals surface area contributed by atoms with Gasteiger partial charge in [0.2, 0.25) is 17.0 Å². The van der Waals surface area contributed by atoms with Gasteiger partial charge >= 0.3 is 0 Å². The highest BCUT2D eigenvalue weighted by molar-refractivity contribution is 6.32. The van der Waals surface area contributed by atoms with Gasteiger partial charge in [-0.15, -0.1) is 10.2 Å². The van der Waals surface area contributed by atoms with E-state index in [0.717, 1.165) is 11.1 Å². The molecule has 7 nitrogen and oxygen atoms in total. The first-order chi connectivity index (χ1) is 12.0. The van der Waals surface area contributed by atoms with E-state index in [9.17, 15) is 9.90 Å². The second-order valence-electron chi connectivity index (χ2n) is 5.52. The quantitative estimate of drug-likeness (QED) is 0.572. The zero-order valence-electron chi connectivity index (χ0n) is 12.9. The molecule has 2 N–H and O–H groups in total. The lowest BCUT2D eigenvalue weighted by Crippen LogP contribution is -2.03. The van der Waals surface area contributed by atoms with Gasteiger partial charge in [-0.3, -0.25) is 4.79 Å². The Bertz CT molecular complexity index is 1140. The highest BCUT2D eigenvalue weighted by atomic mass is 35.5. The van der Waals surface area contributed by atoms with Crippen molar-refractivity contribution in [3.63, 3.8) is 0 Å². The van der Waals surface area contributed by atoms with Gasteiger partial charge in [-0.2, -0.15) is 5.21 Å². The molecule has 124 valence electrons. The van der Waals surface area contributed by atoms with Crippen molar-refractivity contribution >= 4 is 22.6 Å². The van der Waals surface area contributed by atoms with E-state index in [1.807, 2.05) is 6.92 Å². The number of aromatic hydroxyl groups is 1. The normalized spacial score (nSPS) is 11.1. The Morgan fingerprint density at radius 1 is 1.16 bits per heavy atom. The third-order valence-corrected chi connectivity index (χ3v) is 4.31. The SMILES string of the molecule is Cc1cc2oc(-c3ccc(-c4nn[nH]n4)cc3)c(O)c(=O)c2cc1Cl. The molecule has 0 amide bonds. The van der Waals surface area contributed by atoms with Crippen LogP contribution in [0.15, 0.2) is 45.6 Å². The Labute approximate surface area is 145 Å². The van der Waals surface area contributed by atoms with Crippen molar-refractivity contribution in [2.24, 2.45) is 0 Å². The van der Waals surface area contributed by atoms with Crippen LogP contribution < -0.4 is 5.43 Å². The van der Waals surface area contributed by atoms with E-state index in [0.29, 0.717) is 22.0 Å². The van der Waals surface area contributed by atoms with Crippen molar-refractivity contribution in [2.75, 3.05) is 0 Å². The number of nitrogens with zero attached hydrogens (tertiary/aromatic N) is 3. The molecule has 0 saturated heterocycles. The highest BCUT2D eigenvalue weighted by Gasteiger charge is 2.16. The second-order valence-corrected chi connectivity index (χ2v) is 5.93. The lowest BCUT2D eigenvalue weighted by molar-refractivity contribution is 0.449. The van der Waals surface area contributed by atoms with Crippen molar-refractivity contribution in [1.29, 1.82) is 0 Å². The lowest BCUT2D eigenvalue weighted by Gasteiger charge is -2.08. The number of aromatic amines is 1. The molecular formula is C17H11ClN4O3. The van der Waals surface area contributed by atoms with E-state index in [1.54, 1.807) is 30.3 Å². The van der Waals surface area contributed by atoms with E-state index in [-0.39, 0.29) is 11.1 Å². The summed E-state index contributed by atoms with van der Waals surface area (Å²) in [5.41, 5.74) is 1.91. The van der Waals surface area contributed by atoms with Crippen LogP contribution in [0.4, 0.5) is 0 Å². The lowest BCUT2D eigenvalue weighted by atomic mass is 10.1. The third kappa shape index (κ3) is 2.54. The number of aromatic nitrogens is 4. The fraction of sp³-hybridized carbons (Fsp3) is 0.0588. The van der Waals surface area contributed by atoms with Crippen molar-refractivity contribution in [2.45, 2.75) is 6.92 Å². The van der Waals surface area contributed by atoms with Crippen LogP contribution in [0.2, 0.25) is 5.02 Å². The number of nitrogens with one attached hydrogen (secondary N) is 1. The summed E-state index contributed by atoms with van der Waals surface area (Å²) in [5.74, 6) is 0.0830. The zero-order valence-corrected chi connectivity index (χ0v) is 13.7. The predicted octanol–water partition coefficient (Wildman–Crippen LogP) is 3.31. The summed E-state index contributed by atoms with van der Waals surface area (Å²) in [5, 5.41) is 24.6. The Morgan fingerprint density at radius 3 is 2.56 bits per heavy atom. The number of aryl methyl sites for hydroxylation is 1. The number of benzene rings is 2. The van der Waals surface area contributed by atoms with Gasteiger partial charge in [0.15, 0.2) is 5.76 Å². The maximum Gasteiger partial charge on any atom is 0.235 e. The molecule has 2 aromatic heterocycles. The van der Waals surface area contributed by atoms with Gasteiger partial charge in [-0.05, 0) is 29.8 Å². The minimum Gasteiger partial charge on any atom is -0.502 e. The van der Waals surface area contributed by atoms with Crippen LogP contribution in [0.25, 0.3) is 33.7 Å². The van der Waals surface area contributed by atoms with E-state index in [1.165, 1.54) is 6.07 Å². The van der Waals surface area contributed by atoms with Gasteiger partial charge in [-0.25, -0.2) is 0 Å². The molecular weight excluding hydrogens is 344 g/mol. The Balaban J connectivity index is 1.87. The van der Waals surface area contributed by atoms with Gasteiger partial charge in [0, 0.05) is 16.1 Å². The summed E-state index contributed by atoms with van der Waals surface area (Å²) in [6.45, 7) is 1.81. The van der Waals surface area contributed by atoms with Gasteiger partial charge in [0.05, 0.1) is 5.39 Å². The van der Waals surface area contributed by atoms with Gasteiger partial charge < -0.3 is 9.52 Å². The van der Waals surface area contributed by atoms with E-state index < -0.39 is 11.2 Å². The van der Waals surface area contributed by atoms with Crippen LogP contribution in [0, 0.1) is 6.92 Å². The first-order valence-electron chi connectivity index (χ1n) is 7.35. The van der Waals surface area contributed by atoms with Gasteiger partial charge in [0.1, 0.15) is 5.58 Å². The highest BCUT2D eigenvalue weighted by Crippen LogP contribution is 2.32. The van der Waals surface area contributed by atoms with Crippen molar-refractivity contribution in [1.82, 2.24) is 20.6 Å². The molecule has 0 atom stereocenters. The van der Waals surface area contributed by atoms with Crippen molar-refractivity contribution < 1.29 is 9.52 Å². The van der Waals surface area contributed by atoms with Crippen LogP contribution in [-0.2, 0) is 0 Å². The standard InChI is InChI=1S/C17H11ClN4O3/c1-8-6-13-11(7-12(8)18)14(23)15(24)16(25-13)9-2-4-10(5-3-9)17-19-21-22-20-17/h2-7,24H,1H3,(H,19,20,21,22). The largest absolute Gasteiger partial charge is 0.502 e. The molecule has 25 heavy (non-hydrogen) atoms. The van der Waals surface area contributed by atoms with Crippen LogP contribution >= 0.6 is 11.6 Å². The number of hydrogen-bond donors (Lipinski definition) is 2. The maximum atomic E-state index is 12.4. The molecule has 2 aromatic carbocycles. The molecule has 0 spiro atoms. The summed E-state index contributed by atoms with van der Waals surface area (Å²) >= 11 is 6.05. The van der Waals surface area contributed by atoms with Gasteiger partial charge in [0.25, 0.3) is 0 Å². The Morgan fingerprint density at radius 2 is 1.88 bits per heavy atom. The molecule has 0 radical (unpaired) electrons. The summed E-state index contributed by atoms with van der Waals surface area (Å²) in [6.07, 6.45) is 0. The van der Waals surface area contributed by atoms with Crippen LogP contribution in [-0.4, -0.2) is 25.7 Å². The average molecular weight is 355 g/mol. The number of tetrazole rings is 1. The third-order valence-electron chi connectivity index (χ3n) is 3.90. The number of hydrogen-bond acceptors (Lipinski definition) is 6. The minimum absolute atomic E-state index is 0.0962. The molecule has 8 heteroatoms. The zero-order chi connectivity index (χ0) is 17.6.